The molecule has 2 saturated carbocycles. The Morgan fingerprint density at radius 3 is 2.42 bits per heavy atom. The van der Waals surface area contributed by atoms with Crippen molar-refractivity contribution < 1.29 is 13.2 Å². The first kappa shape index (κ1) is 21.2. The number of halogens is 2. The summed E-state index contributed by atoms with van der Waals surface area (Å²) >= 11 is 12.4. The molecule has 3 fully saturated rings. The van der Waals surface area contributed by atoms with Crippen LogP contribution in [0.3, 0.4) is 0 Å². The molecular formula is C21H24Cl2N4O3S. The normalized spacial score (nSPS) is 27.8. The van der Waals surface area contributed by atoms with Crippen molar-refractivity contribution in [2.24, 2.45) is 30.2 Å². The summed E-state index contributed by atoms with van der Waals surface area (Å²) in [6, 6.07) is 5.00. The highest BCUT2D eigenvalue weighted by Crippen LogP contribution is 2.67. The van der Waals surface area contributed by atoms with E-state index in [1.807, 2.05) is 0 Å². The van der Waals surface area contributed by atoms with Crippen molar-refractivity contribution in [2.75, 3.05) is 19.6 Å². The van der Waals surface area contributed by atoms with Crippen LogP contribution >= 0.6 is 23.2 Å². The van der Waals surface area contributed by atoms with Crippen molar-refractivity contribution in [3.05, 3.63) is 46.3 Å². The second kappa shape index (κ2) is 7.47. The summed E-state index contributed by atoms with van der Waals surface area (Å²) in [7, 11) is -1.84. The molecule has 0 bridgehead atoms. The Kier molecular flexibility index (Phi) is 5.12. The summed E-state index contributed by atoms with van der Waals surface area (Å²) in [5, 5.41) is 3.78. The van der Waals surface area contributed by atoms with Gasteiger partial charge in [-0.05, 0) is 41.7 Å². The Morgan fingerprint density at radius 2 is 1.87 bits per heavy atom. The van der Waals surface area contributed by atoms with E-state index in [0.717, 1.165) is 6.42 Å². The molecule has 3 atom stereocenters. The van der Waals surface area contributed by atoms with Gasteiger partial charge in [-0.2, -0.15) is 4.31 Å². The minimum atomic E-state index is -3.59. The molecule has 10 heteroatoms. The summed E-state index contributed by atoms with van der Waals surface area (Å²) in [6.07, 6.45) is 6.47. The van der Waals surface area contributed by atoms with Gasteiger partial charge < -0.3 is 9.88 Å². The minimum Gasteiger partial charge on any atom is -0.351 e. The van der Waals surface area contributed by atoms with Gasteiger partial charge in [-0.15, -0.1) is 0 Å². The molecule has 1 amide bonds. The van der Waals surface area contributed by atoms with Crippen LogP contribution in [-0.2, 0) is 17.1 Å². The molecule has 0 radical (unpaired) electrons. The maximum atomic E-state index is 12.9. The molecule has 2 heterocycles. The number of hydrogen-bond donors (Lipinski definition) is 1. The molecule has 166 valence electrons. The zero-order valence-corrected chi connectivity index (χ0v) is 19.4. The second-order valence-corrected chi connectivity index (χ2v) is 11.8. The Hall–Kier alpha value is -1.61. The molecule has 1 aromatic heterocycles. The van der Waals surface area contributed by atoms with E-state index >= 15 is 0 Å². The van der Waals surface area contributed by atoms with Crippen LogP contribution in [0, 0.1) is 23.2 Å². The number of hydrogen-bond acceptors (Lipinski definition) is 4. The summed E-state index contributed by atoms with van der Waals surface area (Å²) < 4.78 is 29.1. The fraction of sp³-hybridized carbons (Fsp3) is 0.524. The highest BCUT2D eigenvalue weighted by Gasteiger charge is 2.69. The summed E-state index contributed by atoms with van der Waals surface area (Å²) in [4.78, 5) is 16.8. The number of nitrogens with zero attached hydrogens (tertiary/aromatic N) is 3. The number of aromatic nitrogens is 2. The molecule has 7 nitrogen and oxygen atoms in total. The largest absolute Gasteiger partial charge is 0.351 e. The fourth-order valence-corrected chi connectivity index (χ4v) is 7.22. The first-order chi connectivity index (χ1) is 14.7. The maximum Gasteiger partial charge on any atom is 0.262 e. The minimum absolute atomic E-state index is 0.0549. The Balaban J connectivity index is 1.29. The third-order valence-corrected chi connectivity index (χ3v) is 9.42. The number of fused-ring (bicyclic) bond motifs is 1. The average Bonchev–Trinajstić information content (AvgIpc) is 3.47. The molecule has 1 aromatic carbocycles. The SMILES string of the molecule is Cn1cnc(S(=O)(=O)N2C[C@@H]3[C@H](C2)C3(CNC(=O)c2c(Cl)cccc2Cl)CC2CC2)c1. The van der Waals surface area contributed by atoms with Crippen LogP contribution in [-0.4, -0.2) is 47.8 Å². The lowest BCUT2D eigenvalue weighted by Crippen LogP contribution is -2.39. The Morgan fingerprint density at radius 1 is 1.23 bits per heavy atom. The van der Waals surface area contributed by atoms with Gasteiger partial charge in [-0.3, -0.25) is 4.79 Å². The van der Waals surface area contributed by atoms with Gasteiger partial charge in [0.2, 0.25) is 0 Å². The topological polar surface area (TPSA) is 84.3 Å². The van der Waals surface area contributed by atoms with Gasteiger partial charge in [0.05, 0.1) is 21.9 Å². The number of nitrogens with one attached hydrogen (secondary N) is 1. The number of carbonyl (C=O) groups excluding carboxylic acids is 1. The van der Waals surface area contributed by atoms with E-state index in [1.165, 1.54) is 25.4 Å². The second-order valence-electron chi connectivity index (χ2n) is 9.07. The number of imidazole rings is 1. The van der Waals surface area contributed by atoms with Crippen LogP contribution in [0.5, 0.6) is 0 Å². The number of sulfonamides is 1. The van der Waals surface area contributed by atoms with Crippen molar-refractivity contribution in [2.45, 2.75) is 24.3 Å². The third-order valence-electron chi connectivity index (χ3n) is 7.07. The number of aryl methyl sites for hydroxylation is 1. The number of carbonyl (C=O) groups is 1. The Bertz CT molecular complexity index is 1110. The van der Waals surface area contributed by atoms with Crippen LogP contribution in [0.1, 0.15) is 29.6 Å². The molecule has 3 aliphatic rings. The molecule has 1 saturated heterocycles. The first-order valence-corrected chi connectivity index (χ1v) is 12.6. The van der Waals surface area contributed by atoms with Gasteiger partial charge in [-0.25, -0.2) is 13.4 Å². The van der Waals surface area contributed by atoms with E-state index < -0.39 is 10.0 Å². The van der Waals surface area contributed by atoms with E-state index in [1.54, 1.807) is 34.1 Å². The average molecular weight is 483 g/mol. The molecule has 5 rings (SSSR count). The molecule has 1 aliphatic heterocycles. The summed E-state index contributed by atoms with van der Waals surface area (Å²) in [6.45, 7) is 1.45. The van der Waals surface area contributed by atoms with Crippen LogP contribution < -0.4 is 5.32 Å². The van der Waals surface area contributed by atoms with Crippen molar-refractivity contribution in [3.63, 3.8) is 0 Å². The van der Waals surface area contributed by atoms with E-state index in [9.17, 15) is 13.2 Å². The number of piperidine rings is 1. The molecule has 31 heavy (non-hydrogen) atoms. The zero-order chi connectivity index (χ0) is 22.0. The quantitative estimate of drug-likeness (QED) is 0.656. The van der Waals surface area contributed by atoms with Gasteiger partial charge in [0, 0.05) is 32.9 Å². The molecule has 2 aliphatic carbocycles. The monoisotopic (exact) mass is 482 g/mol. The summed E-state index contributed by atoms with van der Waals surface area (Å²) in [5.74, 6) is 0.878. The number of amides is 1. The van der Waals surface area contributed by atoms with E-state index in [0.29, 0.717) is 35.6 Å². The van der Waals surface area contributed by atoms with E-state index in [2.05, 4.69) is 10.3 Å². The highest BCUT2D eigenvalue weighted by molar-refractivity contribution is 7.89. The van der Waals surface area contributed by atoms with E-state index in [4.69, 9.17) is 23.2 Å². The van der Waals surface area contributed by atoms with E-state index in [-0.39, 0.29) is 33.7 Å². The lowest BCUT2D eigenvalue weighted by atomic mass is 9.92. The fourth-order valence-electron chi connectivity index (χ4n) is 5.20. The first-order valence-electron chi connectivity index (χ1n) is 10.4. The molecular weight excluding hydrogens is 459 g/mol. The third kappa shape index (κ3) is 3.67. The highest BCUT2D eigenvalue weighted by atomic mass is 35.5. The predicted octanol–water partition coefficient (Wildman–Crippen LogP) is 3.19. The maximum absolute atomic E-state index is 12.9. The number of benzene rings is 1. The van der Waals surface area contributed by atoms with Crippen molar-refractivity contribution in [1.82, 2.24) is 19.2 Å². The van der Waals surface area contributed by atoms with Crippen LogP contribution in [0.15, 0.2) is 35.7 Å². The lowest BCUT2D eigenvalue weighted by molar-refractivity contribution is 0.0937. The van der Waals surface area contributed by atoms with Gasteiger partial charge in [0.15, 0.2) is 5.03 Å². The van der Waals surface area contributed by atoms with Crippen molar-refractivity contribution in [3.8, 4) is 0 Å². The van der Waals surface area contributed by atoms with Gasteiger partial charge in [0.1, 0.15) is 0 Å². The zero-order valence-electron chi connectivity index (χ0n) is 17.1. The molecule has 1 N–H and O–H groups in total. The standard InChI is InChI=1S/C21H24Cl2N4O3S/c1-26-10-18(25-12-26)31(29,30)27-8-14-15(9-27)21(14,7-13-5-6-13)11-24-20(28)19-16(22)3-2-4-17(19)23/h2-4,10,12-15H,5-9,11H2,1H3,(H,24,28)/t14-,15+,21?. The van der Waals surface area contributed by atoms with Crippen molar-refractivity contribution in [1.29, 1.82) is 0 Å². The predicted molar refractivity (Wildman–Crippen MR) is 118 cm³/mol. The Labute approximate surface area is 191 Å². The lowest BCUT2D eigenvalue weighted by Gasteiger charge is -2.26. The molecule has 0 spiro atoms. The van der Waals surface area contributed by atoms with Crippen LogP contribution in [0.25, 0.3) is 0 Å². The van der Waals surface area contributed by atoms with Gasteiger partial charge in [-0.1, -0.05) is 42.1 Å². The smallest absolute Gasteiger partial charge is 0.262 e. The van der Waals surface area contributed by atoms with Gasteiger partial charge >= 0.3 is 0 Å². The molecule has 1 unspecified atom stereocenters. The van der Waals surface area contributed by atoms with Crippen molar-refractivity contribution >= 4 is 39.1 Å². The van der Waals surface area contributed by atoms with Crippen LogP contribution in [0.4, 0.5) is 0 Å². The number of rotatable bonds is 7. The summed E-state index contributed by atoms with van der Waals surface area (Å²) in [5.41, 5.74) is 0.235. The van der Waals surface area contributed by atoms with Gasteiger partial charge in [0.25, 0.3) is 15.9 Å². The van der Waals surface area contributed by atoms with Crippen LogP contribution in [0.2, 0.25) is 10.0 Å². The molecule has 2 aromatic rings.